The molecule has 1 nitrogen and oxygen atoms in total. The maximum atomic E-state index is 13.9. The average Bonchev–Trinajstić information content (AvgIpc) is 2.92. The Morgan fingerprint density at radius 3 is 1.70 bits per heavy atom. The molecule has 0 saturated heterocycles. The van der Waals surface area contributed by atoms with E-state index in [4.69, 9.17) is 0 Å². The van der Waals surface area contributed by atoms with Gasteiger partial charge in [0.1, 0.15) is 6.17 Å². The molecular weight excluding hydrogens is 533 g/mol. The van der Waals surface area contributed by atoms with E-state index in [1.165, 1.54) is 51.4 Å². The van der Waals surface area contributed by atoms with Gasteiger partial charge in [0.2, 0.25) is 5.75 Å². The number of rotatable bonds is 9. The molecule has 3 fully saturated rings. The number of alkyl halides is 5. The lowest BCUT2D eigenvalue weighted by atomic mass is 9.69. The fourth-order valence-electron chi connectivity index (χ4n) is 7.15. The first kappa shape index (κ1) is 33.0. The molecule has 230 valence electrons. The van der Waals surface area contributed by atoms with E-state index in [-0.39, 0.29) is 12.6 Å². The Hall–Kier alpha value is -1.47. The second-order valence-corrected chi connectivity index (χ2v) is 12.3. The van der Waals surface area contributed by atoms with Gasteiger partial charge in [-0.15, -0.1) is 13.2 Å². The Labute approximate surface area is 235 Å². The lowest BCUT2D eigenvalue weighted by Gasteiger charge is -2.36. The van der Waals surface area contributed by atoms with E-state index >= 15 is 0 Å². The van der Waals surface area contributed by atoms with Gasteiger partial charge in [-0.1, -0.05) is 58.3 Å². The Morgan fingerprint density at radius 2 is 1.23 bits per heavy atom. The minimum absolute atomic E-state index is 0.0762. The second kappa shape index (κ2) is 16.2. The molecule has 3 saturated carbocycles. The van der Waals surface area contributed by atoms with Crippen LogP contribution in [0.1, 0.15) is 128 Å². The molecule has 0 atom stereocenters. The van der Waals surface area contributed by atoms with Crippen LogP contribution in [0.5, 0.6) is 5.75 Å². The first-order valence-corrected chi connectivity index (χ1v) is 15.5. The molecule has 8 heteroatoms. The third kappa shape index (κ3) is 10.7. The van der Waals surface area contributed by atoms with E-state index < -0.39 is 29.9 Å². The minimum Gasteiger partial charge on any atom is -0.399 e. The minimum atomic E-state index is -5.14. The van der Waals surface area contributed by atoms with Crippen LogP contribution in [0.4, 0.5) is 30.7 Å². The van der Waals surface area contributed by atoms with E-state index in [9.17, 15) is 30.7 Å². The van der Waals surface area contributed by atoms with Crippen LogP contribution in [0.25, 0.3) is 0 Å². The monoisotopic (exact) mass is 580 g/mol. The zero-order valence-corrected chi connectivity index (χ0v) is 23.9. The molecule has 0 aromatic heterocycles. The lowest BCUT2D eigenvalue weighted by Crippen LogP contribution is -2.26. The van der Waals surface area contributed by atoms with Crippen molar-refractivity contribution in [3.05, 3.63) is 29.3 Å². The van der Waals surface area contributed by atoms with Crippen LogP contribution in [0.15, 0.2) is 12.1 Å². The summed E-state index contributed by atoms with van der Waals surface area (Å²) >= 11 is 0. The zero-order chi connectivity index (χ0) is 29.1. The molecule has 40 heavy (non-hydrogen) atoms. The van der Waals surface area contributed by atoms with Crippen LogP contribution in [0.3, 0.4) is 0 Å². The molecule has 0 radical (unpaired) electrons. The summed E-state index contributed by atoms with van der Waals surface area (Å²) in [6, 6.07) is 1.90. The number of hydrogen-bond donors (Lipinski definition) is 0. The molecule has 3 aliphatic carbocycles. The van der Waals surface area contributed by atoms with Gasteiger partial charge in [0, 0.05) is 0 Å². The van der Waals surface area contributed by atoms with Gasteiger partial charge in [-0.05, 0) is 105 Å². The normalized spacial score (nSPS) is 29.4. The summed E-state index contributed by atoms with van der Waals surface area (Å²) in [6.07, 6.45) is 12.2. The highest BCUT2D eigenvalue weighted by molar-refractivity contribution is 5.33. The van der Waals surface area contributed by atoms with Crippen molar-refractivity contribution in [1.29, 1.82) is 0 Å². The molecule has 0 heterocycles. The number of unbranched alkanes of at least 4 members (excludes halogenated alkanes) is 2. The van der Waals surface area contributed by atoms with Crippen LogP contribution in [0, 0.1) is 35.3 Å². The summed E-state index contributed by atoms with van der Waals surface area (Å²) < 4.78 is 93.3. The molecule has 0 aliphatic heterocycles. The Balaban J connectivity index is 0.000000267. The van der Waals surface area contributed by atoms with Crippen molar-refractivity contribution >= 4 is 0 Å². The lowest BCUT2D eigenvalue weighted by molar-refractivity contribution is -0.276. The summed E-state index contributed by atoms with van der Waals surface area (Å²) in [5.74, 6) is -1.45. The largest absolute Gasteiger partial charge is 0.573 e. The van der Waals surface area contributed by atoms with E-state index in [0.717, 1.165) is 63.0 Å². The second-order valence-electron chi connectivity index (χ2n) is 12.3. The maximum Gasteiger partial charge on any atom is 0.573 e. The maximum absolute atomic E-state index is 13.9. The van der Waals surface area contributed by atoms with Crippen molar-refractivity contribution in [2.24, 2.45) is 23.7 Å². The molecule has 0 spiro atoms. The number of halogens is 7. The molecule has 0 amide bonds. The van der Waals surface area contributed by atoms with Crippen molar-refractivity contribution in [3.63, 3.8) is 0 Å². The van der Waals surface area contributed by atoms with Crippen LogP contribution in [0.2, 0.25) is 0 Å². The summed E-state index contributed by atoms with van der Waals surface area (Å²) in [5, 5.41) is 0. The molecule has 0 bridgehead atoms. The first-order chi connectivity index (χ1) is 19.1. The van der Waals surface area contributed by atoms with Crippen LogP contribution >= 0.6 is 0 Å². The first-order valence-electron chi connectivity index (χ1n) is 15.5. The van der Waals surface area contributed by atoms with E-state index in [2.05, 4.69) is 11.7 Å². The third-order valence-electron chi connectivity index (χ3n) is 9.55. The number of benzene rings is 1. The van der Waals surface area contributed by atoms with E-state index in [1.807, 2.05) is 0 Å². The van der Waals surface area contributed by atoms with Gasteiger partial charge in [0.15, 0.2) is 11.6 Å². The molecule has 4 rings (SSSR count). The van der Waals surface area contributed by atoms with Crippen LogP contribution in [-0.4, -0.2) is 19.2 Å². The summed E-state index contributed by atoms with van der Waals surface area (Å²) in [5.41, 5.74) is 0.375. The Kier molecular flexibility index (Phi) is 13.4. The molecule has 0 unspecified atom stereocenters. The quantitative estimate of drug-likeness (QED) is 0.209. The molecule has 3 aliphatic rings. The standard InChI is InChI=1S/C19H22F6O.C13H25F/c20-15-7-5-12(6-8-15)11-1-3-13(4-2-11)14-9-16(21)18(17(22)10-14)26-19(23,24)25;1-2-3-4-5-12-6-8-13(9-7-12)10-11-14/h9-13,15H,1-8H2;12-13H,2-11H2,1H3. The number of hydrogen-bond acceptors (Lipinski definition) is 1. The third-order valence-corrected chi connectivity index (χ3v) is 9.55. The van der Waals surface area contributed by atoms with Gasteiger partial charge >= 0.3 is 6.36 Å². The van der Waals surface area contributed by atoms with Crippen molar-refractivity contribution in [2.45, 2.75) is 135 Å². The highest BCUT2D eigenvalue weighted by Crippen LogP contribution is 2.44. The van der Waals surface area contributed by atoms with Gasteiger partial charge in [-0.25, -0.2) is 13.2 Å². The van der Waals surface area contributed by atoms with Crippen molar-refractivity contribution in [2.75, 3.05) is 6.67 Å². The van der Waals surface area contributed by atoms with Gasteiger partial charge in [0.05, 0.1) is 6.67 Å². The topological polar surface area (TPSA) is 9.23 Å². The highest BCUT2D eigenvalue weighted by Gasteiger charge is 2.35. The predicted octanol–water partition coefficient (Wildman–Crippen LogP) is 11.4. The summed E-state index contributed by atoms with van der Waals surface area (Å²) in [7, 11) is 0. The molecule has 0 N–H and O–H groups in total. The van der Waals surface area contributed by atoms with Gasteiger partial charge in [-0.2, -0.15) is 0 Å². The zero-order valence-electron chi connectivity index (χ0n) is 23.9. The van der Waals surface area contributed by atoms with Gasteiger partial charge in [0.25, 0.3) is 0 Å². The van der Waals surface area contributed by atoms with Gasteiger partial charge in [-0.3, -0.25) is 4.39 Å². The molecular formula is C32H47F7O. The van der Waals surface area contributed by atoms with Crippen LogP contribution < -0.4 is 4.74 Å². The Morgan fingerprint density at radius 1 is 0.725 bits per heavy atom. The smallest absolute Gasteiger partial charge is 0.399 e. The highest BCUT2D eigenvalue weighted by atomic mass is 19.4. The number of ether oxygens (including phenoxy) is 1. The summed E-state index contributed by atoms with van der Waals surface area (Å²) in [4.78, 5) is 0. The fourth-order valence-corrected chi connectivity index (χ4v) is 7.15. The van der Waals surface area contributed by atoms with Crippen LogP contribution in [-0.2, 0) is 0 Å². The van der Waals surface area contributed by atoms with E-state index in [1.54, 1.807) is 0 Å². The average molecular weight is 581 g/mol. The predicted molar refractivity (Wildman–Crippen MR) is 145 cm³/mol. The Bertz CT molecular complexity index is 826. The van der Waals surface area contributed by atoms with Crippen molar-refractivity contribution in [3.8, 4) is 5.75 Å². The molecule has 1 aromatic rings. The van der Waals surface area contributed by atoms with Crippen molar-refractivity contribution in [1.82, 2.24) is 0 Å². The fraction of sp³-hybridized carbons (Fsp3) is 0.812. The van der Waals surface area contributed by atoms with E-state index in [0.29, 0.717) is 36.2 Å². The SMILES string of the molecule is CCCCCC1CCC(CCF)CC1.Fc1cc(C2CCC(C3CCC(F)CC3)CC2)cc(F)c1OC(F)(F)F. The molecule has 1 aromatic carbocycles. The van der Waals surface area contributed by atoms with Gasteiger partial charge < -0.3 is 4.74 Å². The summed E-state index contributed by atoms with van der Waals surface area (Å²) in [6.45, 7) is 2.16. The van der Waals surface area contributed by atoms with Crippen molar-refractivity contribution < 1.29 is 35.5 Å².